The lowest BCUT2D eigenvalue weighted by Crippen LogP contribution is -2.29. The Morgan fingerprint density at radius 2 is 1.72 bits per heavy atom. The van der Waals surface area contributed by atoms with Crippen molar-refractivity contribution in [1.29, 1.82) is 0 Å². The smallest absolute Gasteiger partial charge is 0.0574 e. The molecule has 0 saturated heterocycles. The van der Waals surface area contributed by atoms with E-state index in [0.29, 0.717) is 6.10 Å². The van der Waals surface area contributed by atoms with E-state index in [4.69, 9.17) is 4.74 Å². The molecule has 0 amide bonds. The molecule has 0 N–H and O–H groups in total. The van der Waals surface area contributed by atoms with E-state index in [1.165, 1.54) is 70.6 Å². The minimum absolute atomic E-state index is 0.571. The molecule has 2 fully saturated rings. The highest BCUT2D eigenvalue weighted by Crippen LogP contribution is 2.41. The maximum Gasteiger partial charge on any atom is 0.0574 e. The molecule has 0 bridgehead atoms. The average Bonchev–Trinajstić information content (AvgIpc) is 2.46. The van der Waals surface area contributed by atoms with Gasteiger partial charge in [-0.15, -0.1) is 0 Å². The number of hydrogen-bond donors (Lipinski definition) is 0. The summed E-state index contributed by atoms with van der Waals surface area (Å²) < 4.78 is 5.59. The monoisotopic (exact) mass is 252 g/mol. The van der Waals surface area contributed by atoms with Gasteiger partial charge in [-0.3, -0.25) is 0 Å². The molecule has 0 aromatic heterocycles. The maximum absolute atomic E-state index is 5.59. The SMILES string of the molecule is CCCCC1CCC([C@@H]2CCC[C@@H](OC)C2)CC1. The van der Waals surface area contributed by atoms with Gasteiger partial charge in [0.05, 0.1) is 6.10 Å². The van der Waals surface area contributed by atoms with Crippen LogP contribution in [0.1, 0.15) is 77.6 Å². The number of rotatable bonds is 5. The van der Waals surface area contributed by atoms with Gasteiger partial charge < -0.3 is 4.74 Å². The van der Waals surface area contributed by atoms with Crippen molar-refractivity contribution in [2.45, 2.75) is 83.7 Å². The summed E-state index contributed by atoms with van der Waals surface area (Å²) in [6.07, 6.45) is 16.5. The second kappa shape index (κ2) is 7.53. The zero-order chi connectivity index (χ0) is 12.8. The van der Waals surface area contributed by atoms with Crippen molar-refractivity contribution in [2.75, 3.05) is 7.11 Å². The molecule has 0 radical (unpaired) electrons. The first-order chi connectivity index (χ1) is 8.83. The summed E-state index contributed by atoms with van der Waals surface area (Å²) in [7, 11) is 1.90. The van der Waals surface area contributed by atoms with Crippen LogP contribution in [0.3, 0.4) is 0 Å². The van der Waals surface area contributed by atoms with E-state index in [1.54, 1.807) is 0 Å². The Morgan fingerprint density at radius 3 is 2.39 bits per heavy atom. The van der Waals surface area contributed by atoms with Crippen LogP contribution in [0.15, 0.2) is 0 Å². The van der Waals surface area contributed by atoms with Gasteiger partial charge in [0.15, 0.2) is 0 Å². The molecule has 2 saturated carbocycles. The first-order valence-corrected chi connectivity index (χ1v) is 8.36. The van der Waals surface area contributed by atoms with Crippen LogP contribution in [-0.2, 0) is 4.74 Å². The quantitative estimate of drug-likeness (QED) is 0.654. The fourth-order valence-electron chi connectivity index (χ4n) is 4.26. The third-order valence-electron chi connectivity index (χ3n) is 5.52. The standard InChI is InChI=1S/C17H32O/c1-3-4-6-14-9-11-15(12-10-14)16-7-5-8-17(13-16)18-2/h14-17H,3-13H2,1-2H3/t14?,15?,16-,17-/m1/s1. The van der Waals surface area contributed by atoms with E-state index in [1.807, 2.05) is 7.11 Å². The Hall–Kier alpha value is -0.0400. The maximum atomic E-state index is 5.59. The highest BCUT2D eigenvalue weighted by Gasteiger charge is 2.31. The summed E-state index contributed by atoms with van der Waals surface area (Å²) in [5.74, 6) is 3.07. The number of ether oxygens (including phenoxy) is 1. The molecule has 0 spiro atoms. The molecule has 1 nitrogen and oxygen atoms in total. The molecule has 1 heteroatoms. The van der Waals surface area contributed by atoms with Crippen LogP contribution in [0.25, 0.3) is 0 Å². The second-order valence-corrected chi connectivity index (χ2v) is 6.71. The van der Waals surface area contributed by atoms with Gasteiger partial charge in [-0.1, -0.05) is 45.4 Å². The van der Waals surface area contributed by atoms with Crippen LogP contribution in [-0.4, -0.2) is 13.2 Å². The summed E-state index contributed by atoms with van der Waals surface area (Å²) >= 11 is 0. The summed E-state index contributed by atoms with van der Waals surface area (Å²) in [5, 5.41) is 0. The molecule has 0 unspecified atom stereocenters. The third-order valence-corrected chi connectivity index (χ3v) is 5.52. The minimum Gasteiger partial charge on any atom is -0.381 e. The van der Waals surface area contributed by atoms with Crippen molar-refractivity contribution in [3.63, 3.8) is 0 Å². The highest BCUT2D eigenvalue weighted by atomic mass is 16.5. The fraction of sp³-hybridized carbons (Fsp3) is 1.00. The Morgan fingerprint density at radius 1 is 0.944 bits per heavy atom. The van der Waals surface area contributed by atoms with Gasteiger partial charge >= 0.3 is 0 Å². The molecule has 106 valence electrons. The predicted molar refractivity (Wildman–Crippen MR) is 77.7 cm³/mol. The topological polar surface area (TPSA) is 9.23 Å². The normalized spacial score (nSPS) is 37.7. The summed E-state index contributed by atoms with van der Waals surface area (Å²) in [4.78, 5) is 0. The fourth-order valence-corrected chi connectivity index (χ4v) is 4.26. The Bertz CT molecular complexity index is 218. The van der Waals surface area contributed by atoms with Crippen LogP contribution < -0.4 is 0 Å². The van der Waals surface area contributed by atoms with Gasteiger partial charge in [0.25, 0.3) is 0 Å². The third kappa shape index (κ3) is 3.98. The summed E-state index contributed by atoms with van der Waals surface area (Å²) in [5.41, 5.74) is 0. The number of unbranched alkanes of at least 4 members (excludes halogenated alkanes) is 1. The van der Waals surface area contributed by atoms with Crippen LogP contribution in [0.5, 0.6) is 0 Å². The molecular formula is C17H32O. The van der Waals surface area contributed by atoms with Crippen molar-refractivity contribution >= 4 is 0 Å². The Balaban J connectivity index is 1.72. The molecule has 2 aliphatic carbocycles. The first kappa shape index (κ1) is 14.4. The molecule has 0 heterocycles. The van der Waals surface area contributed by atoms with E-state index in [2.05, 4.69) is 6.92 Å². The van der Waals surface area contributed by atoms with E-state index in [0.717, 1.165) is 17.8 Å². The first-order valence-electron chi connectivity index (χ1n) is 8.36. The van der Waals surface area contributed by atoms with E-state index in [9.17, 15) is 0 Å². The van der Waals surface area contributed by atoms with Crippen molar-refractivity contribution in [3.05, 3.63) is 0 Å². The summed E-state index contributed by atoms with van der Waals surface area (Å²) in [6, 6.07) is 0. The van der Waals surface area contributed by atoms with E-state index >= 15 is 0 Å². The molecule has 0 aromatic carbocycles. The van der Waals surface area contributed by atoms with Crippen LogP contribution in [0.2, 0.25) is 0 Å². The van der Waals surface area contributed by atoms with Crippen molar-refractivity contribution in [2.24, 2.45) is 17.8 Å². The van der Waals surface area contributed by atoms with Crippen LogP contribution in [0.4, 0.5) is 0 Å². The summed E-state index contributed by atoms with van der Waals surface area (Å²) in [6.45, 7) is 2.32. The zero-order valence-corrected chi connectivity index (χ0v) is 12.5. The largest absolute Gasteiger partial charge is 0.381 e. The van der Waals surface area contributed by atoms with Gasteiger partial charge in [0.1, 0.15) is 0 Å². The van der Waals surface area contributed by atoms with Gasteiger partial charge in [-0.25, -0.2) is 0 Å². The van der Waals surface area contributed by atoms with Gasteiger partial charge in [-0.2, -0.15) is 0 Å². The lowest BCUT2D eigenvalue weighted by molar-refractivity contribution is 0.0283. The molecule has 2 atom stereocenters. The molecular weight excluding hydrogens is 220 g/mol. The number of hydrogen-bond acceptors (Lipinski definition) is 1. The van der Waals surface area contributed by atoms with E-state index < -0.39 is 0 Å². The molecule has 0 aliphatic heterocycles. The molecule has 2 aliphatic rings. The van der Waals surface area contributed by atoms with Gasteiger partial charge in [0.2, 0.25) is 0 Å². The van der Waals surface area contributed by atoms with Crippen molar-refractivity contribution < 1.29 is 4.74 Å². The van der Waals surface area contributed by atoms with Gasteiger partial charge in [0, 0.05) is 7.11 Å². The van der Waals surface area contributed by atoms with Crippen molar-refractivity contribution in [1.82, 2.24) is 0 Å². The number of methoxy groups -OCH3 is 1. The second-order valence-electron chi connectivity index (χ2n) is 6.71. The Labute approximate surface area is 114 Å². The predicted octanol–water partition coefficient (Wildman–Crippen LogP) is 5.19. The lowest BCUT2D eigenvalue weighted by atomic mass is 9.70. The molecule has 18 heavy (non-hydrogen) atoms. The van der Waals surface area contributed by atoms with Crippen LogP contribution >= 0.6 is 0 Å². The van der Waals surface area contributed by atoms with Crippen LogP contribution in [0, 0.1) is 17.8 Å². The zero-order valence-electron chi connectivity index (χ0n) is 12.5. The lowest BCUT2D eigenvalue weighted by Gasteiger charge is -2.38. The van der Waals surface area contributed by atoms with E-state index in [-0.39, 0.29) is 0 Å². The highest BCUT2D eigenvalue weighted by molar-refractivity contribution is 4.82. The Kier molecular flexibility index (Phi) is 6.01. The average molecular weight is 252 g/mol. The minimum atomic E-state index is 0.571. The van der Waals surface area contributed by atoms with Gasteiger partial charge in [-0.05, 0) is 49.9 Å². The molecule has 2 rings (SSSR count). The molecule has 0 aromatic rings. The van der Waals surface area contributed by atoms with Crippen molar-refractivity contribution in [3.8, 4) is 0 Å².